The van der Waals surface area contributed by atoms with E-state index >= 15 is 0 Å². The molecule has 53 heavy (non-hydrogen) atoms. The molecule has 5 heteroatoms. The molecule has 11 rings (SSSR count). The van der Waals surface area contributed by atoms with Gasteiger partial charge in [-0.05, 0) is 70.3 Å². The zero-order valence-corrected chi connectivity index (χ0v) is 28.5. The lowest BCUT2D eigenvalue weighted by Crippen LogP contribution is -2.29. The van der Waals surface area contributed by atoms with E-state index < -0.39 is 5.41 Å². The SMILES string of the molecule is c1ccc(-c2nc(-c3cccc(-c4ccc5c(c4)C(c4ccccc4)(c4ccccc4)c4nc6ccccc6n4-5)c3)nc3c2oc2ccccc23)cc1. The minimum Gasteiger partial charge on any atom is -0.452 e. The molecule has 4 heterocycles. The summed E-state index contributed by atoms with van der Waals surface area (Å²) in [6, 6.07) is 63.7. The van der Waals surface area contributed by atoms with Crippen LogP contribution in [0.3, 0.4) is 0 Å². The van der Waals surface area contributed by atoms with Crippen molar-refractivity contribution in [1.29, 1.82) is 0 Å². The smallest absolute Gasteiger partial charge is 0.180 e. The molecule has 5 nitrogen and oxygen atoms in total. The number of hydrogen-bond donors (Lipinski definition) is 0. The van der Waals surface area contributed by atoms with E-state index in [1.54, 1.807) is 0 Å². The maximum Gasteiger partial charge on any atom is 0.180 e. The van der Waals surface area contributed by atoms with Crippen molar-refractivity contribution in [1.82, 2.24) is 19.5 Å². The predicted molar refractivity (Wildman–Crippen MR) is 212 cm³/mol. The summed E-state index contributed by atoms with van der Waals surface area (Å²) in [6.45, 7) is 0. The van der Waals surface area contributed by atoms with Gasteiger partial charge in [-0.1, -0.05) is 140 Å². The third kappa shape index (κ3) is 4.34. The van der Waals surface area contributed by atoms with Crippen LogP contribution in [0.2, 0.25) is 0 Å². The van der Waals surface area contributed by atoms with Gasteiger partial charge in [0.25, 0.3) is 0 Å². The predicted octanol–water partition coefficient (Wildman–Crippen LogP) is 11.4. The highest BCUT2D eigenvalue weighted by Crippen LogP contribution is 2.53. The minimum atomic E-state index is -0.633. The lowest BCUT2D eigenvalue weighted by Gasteiger charge is -2.31. The Hall–Kier alpha value is -7.11. The first kappa shape index (κ1) is 29.6. The molecule has 0 unspecified atom stereocenters. The van der Waals surface area contributed by atoms with Gasteiger partial charge in [-0.2, -0.15) is 0 Å². The maximum atomic E-state index is 6.37. The molecule has 0 N–H and O–H groups in total. The molecule has 0 fully saturated rings. The van der Waals surface area contributed by atoms with Crippen LogP contribution in [-0.4, -0.2) is 19.5 Å². The Bertz CT molecular complexity index is 2960. The van der Waals surface area contributed by atoms with Crippen LogP contribution in [0.15, 0.2) is 186 Å². The molecule has 0 radical (unpaired) electrons. The van der Waals surface area contributed by atoms with Gasteiger partial charge in [-0.3, -0.25) is 4.57 Å². The van der Waals surface area contributed by atoms with E-state index in [1.807, 2.05) is 36.4 Å². The molecular formula is C48H30N4O. The molecule has 0 aliphatic carbocycles. The third-order valence-electron chi connectivity index (χ3n) is 10.7. The van der Waals surface area contributed by atoms with E-state index in [2.05, 4.69) is 150 Å². The van der Waals surface area contributed by atoms with Crippen LogP contribution >= 0.6 is 0 Å². The standard InChI is InChI=1S/C48H30N4O/c1-4-15-31(16-5-1)43-45-44(37-23-10-13-26-42(37)53-45)51-46(50-43)34-18-14-17-32(29-34)33-27-28-40-38(30-33)48(35-19-6-2-7-20-35,36-21-8-3-9-22-36)47-49-39-24-11-12-25-41(39)52(40)47/h1-30H. The maximum absolute atomic E-state index is 6.37. The van der Waals surface area contributed by atoms with Crippen molar-refractivity contribution >= 4 is 33.1 Å². The molecule has 1 aliphatic rings. The monoisotopic (exact) mass is 678 g/mol. The first-order chi connectivity index (χ1) is 26.3. The van der Waals surface area contributed by atoms with E-state index in [0.29, 0.717) is 11.4 Å². The fourth-order valence-corrected chi connectivity index (χ4v) is 8.31. The van der Waals surface area contributed by atoms with Crippen molar-refractivity contribution < 1.29 is 4.42 Å². The Morgan fingerprint density at radius 2 is 1.13 bits per heavy atom. The van der Waals surface area contributed by atoms with Gasteiger partial charge >= 0.3 is 0 Å². The second-order valence-corrected chi connectivity index (χ2v) is 13.6. The van der Waals surface area contributed by atoms with Gasteiger partial charge in [0, 0.05) is 16.5 Å². The molecule has 0 saturated carbocycles. The highest BCUT2D eigenvalue weighted by Gasteiger charge is 2.49. The molecule has 3 aromatic heterocycles. The van der Waals surface area contributed by atoms with Crippen LogP contribution < -0.4 is 0 Å². The second kappa shape index (κ2) is 11.5. The van der Waals surface area contributed by atoms with Gasteiger partial charge in [-0.15, -0.1) is 0 Å². The highest BCUT2D eigenvalue weighted by molar-refractivity contribution is 6.07. The van der Waals surface area contributed by atoms with E-state index in [4.69, 9.17) is 19.4 Å². The molecule has 248 valence electrons. The normalized spacial score (nSPS) is 13.1. The Labute approximate surface area is 305 Å². The van der Waals surface area contributed by atoms with Gasteiger partial charge in [-0.25, -0.2) is 15.0 Å². The molecule has 0 amide bonds. The molecule has 0 spiro atoms. The van der Waals surface area contributed by atoms with Crippen molar-refractivity contribution in [3.63, 3.8) is 0 Å². The molecule has 7 aromatic carbocycles. The number of furan rings is 1. The van der Waals surface area contributed by atoms with Gasteiger partial charge in [0.15, 0.2) is 11.4 Å². The third-order valence-corrected chi connectivity index (χ3v) is 10.7. The summed E-state index contributed by atoms with van der Waals surface area (Å²) < 4.78 is 8.73. The Balaban J connectivity index is 1.13. The number of benzene rings is 7. The van der Waals surface area contributed by atoms with E-state index in [1.165, 1.54) is 16.7 Å². The molecule has 0 atom stereocenters. The Kier molecular flexibility index (Phi) is 6.40. The zero-order chi connectivity index (χ0) is 34.9. The summed E-state index contributed by atoms with van der Waals surface area (Å²) >= 11 is 0. The van der Waals surface area contributed by atoms with Crippen LogP contribution in [0, 0.1) is 0 Å². The van der Waals surface area contributed by atoms with Gasteiger partial charge in [0.1, 0.15) is 28.0 Å². The Morgan fingerprint density at radius 1 is 0.491 bits per heavy atom. The van der Waals surface area contributed by atoms with Gasteiger partial charge in [0.05, 0.1) is 16.7 Å². The first-order valence-corrected chi connectivity index (χ1v) is 17.9. The van der Waals surface area contributed by atoms with E-state index in [-0.39, 0.29) is 0 Å². The number of fused-ring (bicyclic) bond motifs is 8. The summed E-state index contributed by atoms with van der Waals surface area (Å²) in [5.74, 6) is 1.65. The van der Waals surface area contributed by atoms with Crippen LogP contribution in [0.4, 0.5) is 0 Å². The summed E-state index contributed by atoms with van der Waals surface area (Å²) in [5.41, 5.74) is 13.3. The number of para-hydroxylation sites is 3. The quantitative estimate of drug-likeness (QED) is 0.182. The summed E-state index contributed by atoms with van der Waals surface area (Å²) in [5, 5.41) is 0.973. The van der Waals surface area contributed by atoms with Crippen molar-refractivity contribution in [2.75, 3.05) is 0 Å². The van der Waals surface area contributed by atoms with Crippen LogP contribution in [-0.2, 0) is 5.41 Å². The fourth-order valence-electron chi connectivity index (χ4n) is 8.31. The molecular weight excluding hydrogens is 649 g/mol. The highest BCUT2D eigenvalue weighted by atomic mass is 16.3. The van der Waals surface area contributed by atoms with Crippen molar-refractivity contribution in [2.24, 2.45) is 0 Å². The second-order valence-electron chi connectivity index (χ2n) is 13.6. The van der Waals surface area contributed by atoms with Crippen LogP contribution in [0.5, 0.6) is 0 Å². The molecule has 10 aromatic rings. The average molecular weight is 679 g/mol. The van der Waals surface area contributed by atoms with E-state index in [9.17, 15) is 0 Å². The van der Waals surface area contributed by atoms with Crippen molar-refractivity contribution in [2.45, 2.75) is 5.41 Å². The first-order valence-electron chi connectivity index (χ1n) is 17.9. The Morgan fingerprint density at radius 3 is 1.92 bits per heavy atom. The number of hydrogen-bond acceptors (Lipinski definition) is 4. The number of nitrogens with zero attached hydrogens (tertiary/aromatic N) is 4. The fraction of sp³-hybridized carbons (Fsp3) is 0.0208. The average Bonchev–Trinajstić information content (AvgIpc) is 3.89. The lowest BCUT2D eigenvalue weighted by molar-refractivity contribution is 0.667. The van der Waals surface area contributed by atoms with Gasteiger partial charge in [0.2, 0.25) is 0 Å². The molecule has 0 bridgehead atoms. The van der Waals surface area contributed by atoms with Crippen molar-refractivity contribution in [3.8, 4) is 39.5 Å². The van der Waals surface area contributed by atoms with Crippen LogP contribution in [0.1, 0.15) is 22.5 Å². The van der Waals surface area contributed by atoms with E-state index in [0.717, 1.165) is 67.0 Å². The topological polar surface area (TPSA) is 56.7 Å². The number of aromatic nitrogens is 4. The number of imidazole rings is 1. The minimum absolute atomic E-state index is 0.633. The van der Waals surface area contributed by atoms with Gasteiger partial charge < -0.3 is 4.42 Å². The van der Waals surface area contributed by atoms with Crippen LogP contribution in [0.25, 0.3) is 72.6 Å². The summed E-state index contributed by atoms with van der Waals surface area (Å²) in [7, 11) is 0. The number of rotatable bonds is 5. The molecule has 1 aliphatic heterocycles. The molecule has 0 saturated heterocycles. The van der Waals surface area contributed by atoms with Crippen molar-refractivity contribution in [3.05, 3.63) is 205 Å². The summed E-state index contributed by atoms with van der Waals surface area (Å²) in [6.07, 6.45) is 0. The summed E-state index contributed by atoms with van der Waals surface area (Å²) in [4.78, 5) is 15.7. The zero-order valence-electron chi connectivity index (χ0n) is 28.5. The largest absolute Gasteiger partial charge is 0.452 e. The lowest BCUT2D eigenvalue weighted by atomic mass is 9.69.